The Morgan fingerprint density at radius 2 is 2.00 bits per heavy atom. The number of rotatable bonds is 7. The predicted molar refractivity (Wildman–Crippen MR) is 106 cm³/mol. The Labute approximate surface area is 165 Å². The third-order valence-corrected chi connectivity index (χ3v) is 4.41. The SMILES string of the molecule is Cn1c(=O)c(O)c(C(=O)NCCCOc2cccc([N+](=O)[O-])c2)c2ccccc21. The monoisotopic (exact) mass is 397 g/mol. The number of hydrogen-bond acceptors (Lipinski definition) is 6. The topological polar surface area (TPSA) is 124 Å². The number of nitro groups is 1. The van der Waals surface area contributed by atoms with Gasteiger partial charge in [-0.3, -0.25) is 19.7 Å². The molecular weight excluding hydrogens is 378 g/mol. The van der Waals surface area contributed by atoms with E-state index in [0.717, 1.165) is 0 Å². The third-order valence-electron chi connectivity index (χ3n) is 4.41. The van der Waals surface area contributed by atoms with E-state index < -0.39 is 22.1 Å². The smallest absolute Gasteiger partial charge is 0.293 e. The van der Waals surface area contributed by atoms with Crippen molar-refractivity contribution in [2.75, 3.05) is 13.2 Å². The summed E-state index contributed by atoms with van der Waals surface area (Å²) in [5, 5.41) is 24.1. The minimum absolute atomic E-state index is 0.0659. The fourth-order valence-electron chi connectivity index (χ4n) is 2.95. The number of benzene rings is 2. The molecule has 0 aliphatic rings. The summed E-state index contributed by atoms with van der Waals surface area (Å²) >= 11 is 0. The number of nitrogens with zero attached hydrogens (tertiary/aromatic N) is 2. The number of aryl methyl sites for hydroxylation is 1. The van der Waals surface area contributed by atoms with E-state index in [1.807, 2.05) is 0 Å². The summed E-state index contributed by atoms with van der Waals surface area (Å²) in [5.74, 6) is -0.802. The van der Waals surface area contributed by atoms with E-state index >= 15 is 0 Å². The van der Waals surface area contributed by atoms with Crippen LogP contribution in [-0.2, 0) is 7.05 Å². The Bertz CT molecular complexity index is 1140. The Kier molecular flexibility index (Phi) is 5.77. The Hall–Kier alpha value is -3.88. The number of para-hydroxylation sites is 1. The lowest BCUT2D eigenvalue weighted by Gasteiger charge is -2.12. The van der Waals surface area contributed by atoms with Gasteiger partial charge in [-0.25, -0.2) is 0 Å². The van der Waals surface area contributed by atoms with Crippen LogP contribution in [0.25, 0.3) is 10.9 Å². The third kappa shape index (κ3) is 4.18. The van der Waals surface area contributed by atoms with Gasteiger partial charge in [-0.1, -0.05) is 24.3 Å². The lowest BCUT2D eigenvalue weighted by atomic mass is 10.1. The summed E-state index contributed by atoms with van der Waals surface area (Å²) in [5.41, 5.74) is -0.246. The van der Waals surface area contributed by atoms with Crippen molar-refractivity contribution in [2.24, 2.45) is 7.05 Å². The van der Waals surface area contributed by atoms with E-state index in [0.29, 0.717) is 23.1 Å². The molecule has 0 aliphatic carbocycles. The molecule has 1 aromatic heterocycles. The molecule has 0 radical (unpaired) electrons. The summed E-state index contributed by atoms with van der Waals surface area (Å²) in [4.78, 5) is 35.0. The van der Waals surface area contributed by atoms with Crippen molar-refractivity contribution in [1.82, 2.24) is 9.88 Å². The van der Waals surface area contributed by atoms with Gasteiger partial charge < -0.3 is 19.7 Å². The van der Waals surface area contributed by atoms with E-state index in [1.54, 1.807) is 30.3 Å². The van der Waals surface area contributed by atoms with Gasteiger partial charge in [0.15, 0.2) is 5.75 Å². The molecule has 0 unspecified atom stereocenters. The highest BCUT2D eigenvalue weighted by molar-refractivity contribution is 6.08. The van der Waals surface area contributed by atoms with Crippen LogP contribution in [0, 0.1) is 10.1 Å². The van der Waals surface area contributed by atoms with Crippen LogP contribution in [0.15, 0.2) is 53.3 Å². The summed E-state index contributed by atoms with van der Waals surface area (Å²) in [7, 11) is 1.53. The number of hydrogen-bond donors (Lipinski definition) is 2. The van der Waals surface area contributed by atoms with Crippen molar-refractivity contribution in [3.63, 3.8) is 0 Å². The molecule has 9 nitrogen and oxygen atoms in total. The number of fused-ring (bicyclic) bond motifs is 1. The van der Waals surface area contributed by atoms with Gasteiger partial charge in [0, 0.05) is 25.0 Å². The van der Waals surface area contributed by atoms with Crippen molar-refractivity contribution in [3.05, 3.63) is 74.6 Å². The fraction of sp³-hybridized carbons (Fsp3) is 0.200. The zero-order valence-corrected chi connectivity index (χ0v) is 15.6. The van der Waals surface area contributed by atoms with Crippen LogP contribution in [-0.4, -0.2) is 33.7 Å². The van der Waals surface area contributed by atoms with Crippen LogP contribution in [0.1, 0.15) is 16.8 Å². The van der Waals surface area contributed by atoms with E-state index in [2.05, 4.69) is 5.32 Å². The summed E-state index contributed by atoms with van der Waals surface area (Å²) in [6, 6.07) is 12.6. The number of non-ortho nitro benzene ring substituents is 1. The molecule has 3 aromatic rings. The first-order valence-electron chi connectivity index (χ1n) is 8.86. The molecule has 1 amide bonds. The van der Waals surface area contributed by atoms with E-state index in [-0.39, 0.29) is 24.4 Å². The molecule has 1 heterocycles. The first-order valence-corrected chi connectivity index (χ1v) is 8.86. The molecule has 0 bridgehead atoms. The zero-order valence-electron chi connectivity index (χ0n) is 15.6. The number of carbonyl (C=O) groups is 1. The highest BCUT2D eigenvalue weighted by atomic mass is 16.6. The van der Waals surface area contributed by atoms with Gasteiger partial charge in [0.2, 0.25) is 0 Å². The summed E-state index contributed by atoms with van der Waals surface area (Å²) < 4.78 is 6.74. The quantitative estimate of drug-likeness (QED) is 0.358. The Balaban J connectivity index is 1.63. The van der Waals surface area contributed by atoms with Crippen LogP contribution in [0.2, 0.25) is 0 Å². The predicted octanol–water partition coefficient (Wildman–Crippen LogP) is 2.35. The maximum absolute atomic E-state index is 12.6. The highest BCUT2D eigenvalue weighted by Gasteiger charge is 2.20. The van der Waals surface area contributed by atoms with Gasteiger partial charge in [0.1, 0.15) is 5.75 Å². The zero-order chi connectivity index (χ0) is 21.0. The molecule has 0 aliphatic heterocycles. The number of nitrogens with one attached hydrogen (secondary N) is 1. The minimum Gasteiger partial charge on any atom is -0.502 e. The van der Waals surface area contributed by atoms with Gasteiger partial charge in [-0.05, 0) is 18.6 Å². The summed E-state index contributed by atoms with van der Waals surface area (Å²) in [6.45, 7) is 0.460. The van der Waals surface area contributed by atoms with Gasteiger partial charge >= 0.3 is 0 Å². The molecule has 3 rings (SSSR count). The molecule has 2 N–H and O–H groups in total. The number of carbonyl (C=O) groups excluding carboxylic acids is 1. The molecular formula is C20H19N3O6. The van der Waals surface area contributed by atoms with Crippen molar-refractivity contribution < 1.29 is 19.6 Å². The second-order valence-corrected chi connectivity index (χ2v) is 6.32. The van der Waals surface area contributed by atoms with Crippen molar-refractivity contribution >= 4 is 22.5 Å². The second kappa shape index (κ2) is 8.42. The largest absolute Gasteiger partial charge is 0.502 e. The Morgan fingerprint density at radius 3 is 2.76 bits per heavy atom. The van der Waals surface area contributed by atoms with Crippen molar-refractivity contribution in [2.45, 2.75) is 6.42 Å². The molecule has 150 valence electrons. The van der Waals surface area contributed by atoms with E-state index in [9.17, 15) is 24.8 Å². The number of amides is 1. The van der Waals surface area contributed by atoms with Gasteiger partial charge in [-0.15, -0.1) is 0 Å². The second-order valence-electron chi connectivity index (χ2n) is 6.32. The molecule has 0 saturated heterocycles. The lowest BCUT2D eigenvalue weighted by Crippen LogP contribution is -2.28. The molecule has 0 fully saturated rings. The minimum atomic E-state index is -0.650. The van der Waals surface area contributed by atoms with Crippen molar-refractivity contribution in [3.8, 4) is 11.5 Å². The van der Waals surface area contributed by atoms with Crippen LogP contribution < -0.4 is 15.6 Å². The average Bonchev–Trinajstić information content (AvgIpc) is 2.72. The van der Waals surface area contributed by atoms with Gasteiger partial charge in [-0.2, -0.15) is 0 Å². The number of nitro benzene ring substituents is 1. The fourth-order valence-corrected chi connectivity index (χ4v) is 2.95. The van der Waals surface area contributed by atoms with Crippen LogP contribution in [0.4, 0.5) is 5.69 Å². The normalized spacial score (nSPS) is 10.7. The first-order chi connectivity index (χ1) is 13.9. The number of aromatic hydroxyl groups is 1. The van der Waals surface area contributed by atoms with E-state index in [4.69, 9.17) is 4.74 Å². The molecule has 0 saturated carbocycles. The van der Waals surface area contributed by atoms with E-state index in [1.165, 1.54) is 29.8 Å². The Morgan fingerprint density at radius 1 is 1.24 bits per heavy atom. The number of pyridine rings is 1. The lowest BCUT2D eigenvalue weighted by molar-refractivity contribution is -0.384. The molecule has 29 heavy (non-hydrogen) atoms. The number of ether oxygens (including phenoxy) is 1. The van der Waals surface area contributed by atoms with Gasteiger partial charge in [0.25, 0.3) is 17.2 Å². The molecule has 0 spiro atoms. The van der Waals surface area contributed by atoms with Crippen LogP contribution in [0.3, 0.4) is 0 Å². The van der Waals surface area contributed by atoms with Gasteiger partial charge in [0.05, 0.1) is 28.7 Å². The summed E-state index contributed by atoms with van der Waals surface area (Å²) in [6.07, 6.45) is 0.429. The molecule has 0 atom stereocenters. The molecule has 9 heteroatoms. The van der Waals surface area contributed by atoms with Crippen molar-refractivity contribution in [1.29, 1.82) is 0 Å². The average molecular weight is 397 g/mol. The maximum atomic E-state index is 12.6. The maximum Gasteiger partial charge on any atom is 0.293 e. The standard InChI is InChI=1S/C20H19N3O6/c1-22-16-9-3-2-8-15(16)17(18(24)20(22)26)19(25)21-10-5-11-29-14-7-4-6-13(12-14)23(27)28/h2-4,6-9,12,24H,5,10-11H2,1H3,(H,21,25). The van der Waals surface area contributed by atoms with Crippen LogP contribution in [0.5, 0.6) is 11.5 Å². The highest BCUT2D eigenvalue weighted by Crippen LogP contribution is 2.23. The van der Waals surface area contributed by atoms with Crippen LogP contribution >= 0.6 is 0 Å². The first kappa shape index (κ1) is 19.9. The number of aromatic nitrogens is 1. The molecule has 2 aromatic carbocycles.